The first-order valence-corrected chi connectivity index (χ1v) is 9.08. The SMILES string of the molecule is CC(C)(C)OC(=O)OC(C)(C)C.O=C(O)CCCCCCCCC(=O)O. The third-order valence-electron chi connectivity index (χ3n) is 2.81. The number of carboxylic acids is 2. The first-order valence-electron chi connectivity index (χ1n) is 9.08. The van der Waals surface area contributed by atoms with Crippen LogP contribution in [0.1, 0.15) is 92.9 Å². The van der Waals surface area contributed by atoms with E-state index in [1.165, 1.54) is 0 Å². The van der Waals surface area contributed by atoms with E-state index in [-0.39, 0.29) is 12.8 Å². The van der Waals surface area contributed by atoms with E-state index >= 15 is 0 Å². The van der Waals surface area contributed by atoms with Crippen molar-refractivity contribution < 1.29 is 34.1 Å². The van der Waals surface area contributed by atoms with Gasteiger partial charge in [0.1, 0.15) is 11.2 Å². The number of carbonyl (C=O) groups is 3. The van der Waals surface area contributed by atoms with Gasteiger partial charge in [-0.25, -0.2) is 4.79 Å². The Bertz CT molecular complexity index is 379. The van der Waals surface area contributed by atoms with E-state index in [0.717, 1.165) is 38.5 Å². The summed E-state index contributed by atoms with van der Waals surface area (Å²) in [4.78, 5) is 31.3. The van der Waals surface area contributed by atoms with Crippen molar-refractivity contribution in [1.82, 2.24) is 0 Å². The average Bonchev–Trinajstić information content (AvgIpc) is 2.37. The van der Waals surface area contributed by atoms with Crippen LogP contribution in [-0.2, 0) is 19.1 Å². The van der Waals surface area contributed by atoms with Crippen LogP contribution in [0.4, 0.5) is 4.79 Å². The van der Waals surface area contributed by atoms with Crippen LogP contribution >= 0.6 is 0 Å². The van der Waals surface area contributed by atoms with E-state index in [1.807, 2.05) is 0 Å². The maximum Gasteiger partial charge on any atom is 0.509 e. The quantitative estimate of drug-likeness (QED) is 0.429. The zero-order chi connectivity index (χ0) is 20.8. The third kappa shape index (κ3) is 27.1. The number of carboxylic acid groups (broad SMARTS) is 2. The van der Waals surface area contributed by atoms with Crippen LogP contribution in [0.3, 0.4) is 0 Å². The summed E-state index contributed by atoms with van der Waals surface area (Å²) in [5.74, 6) is -1.48. The Morgan fingerprint density at radius 3 is 1.12 bits per heavy atom. The first kappa shape index (κ1) is 26.4. The van der Waals surface area contributed by atoms with Crippen LogP contribution in [0, 0.1) is 0 Å². The standard InChI is InChI=1S/C10H18O4.C9H18O3/c11-9(12)7-5-3-1-2-4-6-8-10(13)14;1-8(2,3)11-7(10)12-9(4,5)6/h1-8H2,(H,11,12)(H,13,14);1-6H3. The van der Waals surface area contributed by atoms with Crippen LogP contribution in [-0.4, -0.2) is 39.5 Å². The Balaban J connectivity index is 0. The summed E-state index contributed by atoms with van der Waals surface area (Å²) < 4.78 is 9.91. The Morgan fingerprint density at radius 2 is 0.885 bits per heavy atom. The fourth-order valence-electron chi connectivity index (χ4n) is 1.78. The molecule has 0 atom stereocenters. The number of hydrogen-bond donors (Lipinski definition) is 2. The second-order valence-corrected chi connectivity index (χ2v) is 8.09. The number of rotatable bonds is 9. The van der Waals surface area contributed by atoms with Gasteiger partial charge in [0.15, 0.2) is 0 Å². The van der Waals surface area contributed by atoms with Gasteiger partial charge >= 0.3 is 18.1 Å². The van der Waals surface area contributed by atoms with Gasteiger partial charge in [0.25, 0.3) is 0 Å². The molecular formula is C19H36O7. The van der Waals surface area contributed by atoms with E-state index < -0.39 is 29.3 Å². The molecule has 0 heterocycles. The number of hydrogen-bond acceptors (Lipinski definition) is 5. The number of aliphatic carboxylic acids is 2. The summed E-state index contributed by atoms with van der Waals surface area (Å²) in [5, 5.41) is 16.7. The van der Waals surface area contributed by atoms with Crippen molar-refractivity contribution in [3.8, 4) is 0 Å². The molecule has 0 bridgehead atoms. The summed E-state index contributed by atoms with van der Waals surface area (Å²) in [6, 6.07) is 0. The van der Waals surface area contributed by atoms with Gasteiger partial charge < -0.3 is 19.7 Å². The van der Waals surface area contributed by atoms with Gasteiger partial charge in [-0.1, -0.05) is 25.7 Å². The smallest absolute Gasteiger partial charge is 0.481 e. The molecule has 0 unspecified atom stereocenters. The fraction of sp³-hybridized carbons (Fsp3) is 0.842. The number of unbranched alkanes of at least 4 members (excludes halogenated alkanes) is 5. The number of carbonyl (C=O) groups excluding carboxylic acids is 1. The first-order chi connectivity index (χ1) is 11.7. The predicted molar refractivity (Wildman–Crippen MR) is 99.3 cm³/mol. The van der Waals surface area contributed by atoms with Crippen molar-refractivity contribution in [1.29, 1.82) is 0 Å². The van der Waals surface area contributed by atoms with Crippen molar-refractivity contribution in [2.75, 3.05) is 0 Å². The summed E-state index contributed by atoms with van der Waals surface area (Å²) in [7, 11) is 0. The van der Waals surface area contributed by atoms with Gasteiger partial charge in [0, 0.05) is 12.8 Å². The van der Waals surface area contributed by atoms with Crippen molar-refractivity contribution in [3.63, 3.8) is 0 Å². The Hall–Kier alpha value is -1.79. The largest absolute Gasteiger partial charge is 0.509 e. The molecule has 0 saturated carbocycles. The molecule has 0 aromatic rings. The molecule has 0 aliphatic carbocycles. The van der Waals surface area contributed by atoms with Crippen molar-refractivity contribution in [2.45, 2.75) is 104 Å². The Kier molecular flexibility index (Phi) is 13.6. The summed E-state index contributed by atoms with van der Waals surface area (Å²) >= 11 is 0. The molecule has 0 aromatic heterocycles. The van der Waals surface area contributed by atoms with Crippen LogP contribution in [0.25, 0.3) is 0 Å². The predicted octanol–water partition coefficient (Wildman–Crippen LogP) is 5.01. The molecule has 0 fully saturated rings. The van der Waals surface area contributed by atoms with E-state index in [9.17, 15) is 14.4 Å². The van der Waals surface area contributed by atoms with Gasteiger partial charge in [0.2, 0.25) is 0 Å². The minimum atomic E-state index is -0.740. The molecule has 7 heteroatoms. The summed E-state index contributed by atoms with van der Waals surface area (Å²) in [6.07, 6.45) is 5.21. The normalized spacial score (nSPS) is 11.2. The Morgan fingerprint density at radius 1 is 0.615 bits per heavy atom. The molecule has 2 N–H and O–H groups in total. The van der Waals surface area contributed by atoms with Gasteiger partial charge in [0.05, 0.1) is 0 Å². The minimum absolute atomic E-state index is 0.245. The maximum absolute atomic E-state index is 11.0. The highest BCUT2D eigenvalue weighted by molar-refractivity contribution is 5.66. The van der Waals surface area contributed by atoms with Gasteiger partial charge in [-0.2, -0.15) is 0 Å². The lowest BCUT2D eigenvalue weighted by Gasteiger charge is -2.24. The van der Waals surface area contributed by atoms with Crippen LogP contribution in [0.2, 0.25) is 0 Å². The maximum atomic E-state index is 11.0. The summed E-state index contributed by atoms with van der Waals surface area (Å²) in [6.45, 7) is 10.8. The zero-order valence-electron chi connectivity index (χ0n) is 17.1. The number of ether oxygens (including phenoxy) is 2. The highest BCUT2D eigenvalue weighted by Crippen LogP contribution is 2.13. The van der Waals surface area contributed by atoms with Gasteiger partial charge in [-0.05, 0) is 54.4 Å². The topological polar surface area (TPSA) is 110 Å². The van der Waals surface area contributed by atoms with E-state index in [2.05, 4.69) is 0 Å². The average molecular weight is 376 g/mol. The molecule has 0 aliphatic rings. The van der Waals surface area contributed by atoms with Crippen LogP contribution in [0.5, 0.6) is 0 Å². The van der Waals surface area contributed by atoms with E-state index in [4.69, 9.17) is 19.7 Å². The highest BCUT2D eigenvalue weighted by Gasteiger charge is 2.22. The monoisotopic (exact) mass is 376 g/mol. The van der Waals surface area contributed by atoms with Crippen molar-refractivity contribution in [2.24, 2.45) is 0 Å². The molecule has 26 heavy (non-hydrogen) atoms. The minimum Gasteiger partial charge on any atom is -0.481 e. The molecule has 154 valence electrons. The van der Waals surface area contributed by atoms with Gasteiger partial charge in [-0.15, -0.1) is 0 Å². The molecule has 7 nitrogen and oxygen atoms in total. The molecule has 0 spiro atoms. The van der Waals surface area contributed by atoms with Gasteiger partial charge in [-0.3, -0.25) is 9.59 Å². The molecule has 0 aromatic carbocycles. The van der Waals surface area contributed by atoms with E-state index in [1.54, 1.807) is 41.5 Å². The lowest BCUT2D eigenvalue weighted by molar-refractivity contribution is -0.138. The molecule has 0 saturated heterocycles. The lowest BCUT2D eigenvalue weighted by atomic mass is 10.1. The van der Waals surface area contributed by atoms with Crippen molar-refractivity contribution >= 4 is 18.1 Å². The molecule has 0 radical (unpaired) electrons. The lowest BCUT2D eigenvalue weighted by Crippen LogP contribution is -2.30. The van der Waals surface area contributed by atoms with Crippen molar-refractivity contribution in [3.05, 3.63) is 0 Å². The highest BCUT2D eigenvalue weighted by atomic mass is 16.7. The second-order valence-electron chi connectivity index (χ2n) is 8.09. The molecular weight excluding hydrogens is 340 g/mol. The van der Waals surface area contributed by atoms with Crippen LogP contribution in [0.15, 0.2) is 0 Å². The fourth-order valence-corrected chi connectivity index (χ4v) is 1.78. The third-order valence-corrected chi connectivity index (χ3v) is 2.81. The zero-order valence-corrected chi connectivity index (χ0v) is 17.1. The molecule has 0 rings (SSSR count). The Labute approximate surface area is 157 Å². The molecule has 0 amide bonds. The summed E-state index contributed by atoms with van der Waals surface area (Å²) in [5.41, 5.74) is -0.968. The van der Waals surface area contributed by atoms with Crippen LogP contribution < -0.4 is 0 Å². The molecule has 0 aliphatic heterocycles. The van der Waals surface area contributed by atoms with E-state index in [0.29, 0.717) is 0 Å². The second kappa shape index (κ2) is 13.4.